The molecule has 1 aromatic heterocycles. The summed E-state index contributed by atoms with van der Waals surface area (Å²) in [5.74, 6) is -0.0258. The second kappa shape index (κ2) is 8.73. The summed E-state index contributed by atoms with van der Waals surface area (Å²) in [7, 11) is 0. The number of aromatic nitrogens is 2. The van der Waals surface area contributed by atoms with E-state index < -0.39 is 0 Å². The van der Waals surface area contributed by atoms with Crippen LogP contribution in [0.4, 0.5) is 5.69 Å². The molecule has 0 aliphatic rings. The van der Waals surface area contributed by atoms with Crippen LogP contribution in [0.15, 0.2) is 42.7 Å². The van der Waals surface area contributed by atoms with E-state index in [1.54, 1.807) is 10.9 Å². The Labute approximate surface area is 135 Å². The Morgan fingerprint density at radius 3 is 2.70 bits per heavy atom. The molecule has 0 bridgehead atoms. The van der Waals surface area contributed by atoms with E-state index in [-0.39, 0.29) is 11.8 Å². The summed E-state index contributed by atoms with van der Waals surface area (Å²) in [4.78, 5) is 22.8. The quantitative estimate of drug-likeness (QED) is 0.735. The van der Waals surface area contributed by atoms with Gasteiger partial charge in [-0.25, -0.2) is 4.68 Å². The minimum Gasteiger partial charge on any atom is -0.356 e. The number of benzene rings is 1. The molecule has 0 fully saturated rings. The third kappa shape index (κ3) is 5.58. The molecule has 2 rings (SSSR count). The van der Waals surface area contributed by atoms with Gasteiger partial charge in [0.2, 0.25) is 11.8 Å². The van der Waals surface area contributed by atoms with Crippen LogP contribution >= 0.6 is 0 Å². The monoisotopic (exact) mass is 314 g/mol. The number of hydrogen-bond acceptors (Lipinski definition) is 3. The smallest absolute Gasteiger partial charge is 0.224 e. The van der Waals surface area contributed by atoms with Crippen LogP contribution < -0.4 is 10.6 Å². The van der Waals surface area contributed by atoms with E-state index in [1.807, 2.05) is 36.5 Å². The summed E-state index contributed by atoms with van der Waals surface area (Å²) in [6.45, 7) is 2.17. The van der Waals surface area contributed by atoms with E-state index in [0.29, 0.717) is 13.0 Å². The number of hydrogen-bond donors (Lipinski definition) is 2. The van der Waals surface area contributed by atoms with Gasteiger partial charge in [0.25, 0.3) is 0 Å². The first-order valence-corrected chi connectivity index (χ1v) is 7.80. The number of amides is 2. The lowest BCUT2D eigenvalue weighted by atomic mass is 10.2. The average Bonchev–Trinajstić information content (AvgIpc) is 3.05. The fourth-order valence-electron chi connectivity index (χ4n) is 2.25. The molecule has 0 atom stereocenters. The molecule has 0 aliphatic heterocycles. The predicted octanol–water partition coefficient (Wildman–Crippen LogP) is 2.51. The van der Waals surface area contributed by atoms with Crippen molar-refractivity contribution in [2.75, 3.05) is 11.9 Å². The van der Waals surface area contributed by atoms with Crippen LogP contribution in [0, 0.1) is 0 Å². The van der Waals surface area contributed by atoms with E-state index in [0.717, 1.165) is 30.6 Å². The summed E-state index contributed by atoms with van der Waals surface area (Å²) in [5, 5.41) is 9.88. The maximum atomic E-state index is 12.1. The summed E-state index contributed by atoms with van der Waals surface area (Å²) in [6.07, 6.45) is 6.61. The first kappa shape index (κ1) is 16.7. The molecule has 2 N–H and O–H groups in total. The van der Waals surface area contributed by atoms with Gasteiger partial charge in [-0.15, -0.1) is 0 Å². The van der Waals surface area contributed by atoms with Gasteiger partial charge in [-0.05, 0) is 31.0 Å². The van der Waals surface area contributed by atoms with Gasteiger partial charge in [0.15, 0.2) is 0 Å². The van der Waals surface area contributed by atoms with E-state index in [4.69, 9.17) is 0 Å². The molecule has 0 aliphatic carbocycles. The zero-order valence-corrected chi connectivity index (χ0v) is 13.3. The van der Waals surface area contributed by atoms with Crippen LogP contribution in [0.5, 0.6) is 0 Å². The van der Waals surface area contributed by atoms with E-state index >= 15 is 0 Å². The third-order valence-corrected chi connectivity index (χ3v) is 3.38. The van der Waals surface area contributed by atoms with Gasteiger partial charge in [-0.1, -0.05) is 18.6 Å². The van der Waals surface area contributed by atoms with Gasteiger partial charge in [-0.2, -0.15) is 5.10 Å². The topological polar surface area (TPSA) is 76.0 Å². The third-order valence-electron chi connectivity index (χ3n) is 3.38. The molecule has 0 unspecified atom stereocenters. The summed E-state index contributed by atoms with van der Waals surface area (Å²) < 4.78 is 1.73. The highest BCUT2D eigenvalue weighted by Gasteiger charge is 2.08. The minimum absolute atomic E-state index is 0.0101. The zero-order valence-electron chi connectivity index (χ0n) is 13.3. The van der Waals surface area contributed by atoms with Crippen LogP contribution in [0.3, 0.4) is 0 Å². The standard InChI is InChI=1S/C17H22N4O2/c1-14(22)18-11-6-2-3-10-17(23)20-15-8-4-5-9-16(15)21-13-7-12-19-21/h4-5,7-9,12-13H,2-3,6,10-11H2,1H3,(H,18,22)(H,20,23). The van der Waals surface area contributed by atoms with Crippen molar-refractivity contribution in [2.24, 2.45) is 0 Å². The van der Waals surface area contributed by atoms with Gasteiger partial charge in [0.1, 0.15) is 0 Å². The summed E-state index contributed by atoms with van der Waals surface area (Å²) in [5.41, 5.74) is 1.59. The van der Waals surface area contributed by atoms with Crippen molar-refractivity contribution < 1.29 is 9.59 Å². The maximum absolute atomic E-state index is 12.1. The predicted molar refractivity (Wildman–Crippen MR) is 89.3 cm³/mol. The van der Waals surface area contributed by atoms with Crippen molar-refractivity contribution in [3.8, 4) is 5.69 Å². The molecule has 6 heteroatoms. The number of carbonyl (C=O) groups is 2. The van der Waals surface area contributed by atoms with E-state index in [2.05, 4.69) is 15.7 Å². The molecule has 6 nitrogen and oxygen atoms in total. The Kier molecular flexibility index (Phi) is 6.35. The van der Waals surface area contributed by atoms with Crippen LogP contribution in [-0.2, 0) is 9.59 Å². The van der Waals surface area contributed by atoms with Gasteiger partial charge in [0.05, 0.1) is 11.4 Å². The molecular weight excluding hydrogens is 292 g/mol. The first-order valence-electron chi connectivity index (χ1n) is 7.80. The van der Waals surface area contributed by atoms with Crippen molar-refractivity contribution in [2.45, 2.75) is 32.6 Å². The molecular formula is C17H22N4O2. The minimum atomic E-state index is -0.0158. The fourth-order valence-corrected chi connectivity index (χ4v) is 2.25. The Morgan fingerprint density at radius 2 is 1.96 bits per heavy atom. The van der Waals surface area contributed by atoms with E-state index in [1.165, 1.54) is 6.92 Å². The SMILES string of the molecule is CC(=O)NCCCCCC(=O)Nc1ccccc1-n1cccn1. The normalized spacial score (nSPS) is 10.3. The van der Waals surface area contributed by atoms with Gasteiger partial charge < -0.3 is 10.6 Å². The molecule has 122 valence electrons. The fraction of sp³-hybridized carbons (Fsp3) is 0.353. The number of unbranched alkanes of at least 4 members (excludes halogenated alkanes) is 2. The number of nitrogens with one attached hydrogen (secondary N) is 2. The number of nitrogens with zero attached hydrogens (tertiary/aromatic N) is 2. The van der Waals surface area contributed by atoms with Crippen molar-refractivity contribution in [1.82, 2.24) is 15.1 Å². The van der Waals surface area contributed by atoms with Crippen LogP contribution in [0.2, 0.25) is 0 Å². The maximum Gasteiger partial charge on any atom is 0.224 e. The number of rotatable bonds is 8. The second-order valence-corrected chi connectivity index (χ2v) is 5.31. The highest BCUT2D eigenvalue weighted by atomic mass is 16.2. The van der Waals surface area contributed by atoms with E-state index in [9.17, 15) is 9.59 Å². The highest BCUT2D eigenvalue weighted by Crippen LogP contribution is 2.19. The molecule has 2 amide bonds. The lowest BCUT2D eigenvalue weighted by Crippen LogP contribution is -2.20. The van der Waals surface area contributed by atoms with Crippen LogP contribution in [0.25, 0.3) is 5.69 Å². The molecule has 23 heavy (non-hydrogen) atoms. The summed E-state index contributed by atoms with van der Waals surface area (Å²) in [6, 6.07) is 9.42. The van der Waals surface area contributed by atoms with Crippen molar-refractivity contribution in [3.63, 3.8) is 0 Å². The molecule has 0 radical (unpaired) electrons. The average molecular weight is 314 g/mol. The largest absolute Gasteiger partial charge is 0.356 e. The molecule has 1 aromatic carbocycles. The van der Waals surface area contributed by atoms with Gasteiger partial charge in [-0.3, -0.25) is 9.59 Å². The second-order valence-electron chi connectivity index (χ2n) is 5.31. The Hall–Kier alpha value is -2.63. The Bertz CT molecular complexity index is 638. The first-order chi connectivity index (χ1) is 11.2. The zero-order chi connectivity index (χ0) is 16.5. The molecule has 0 saturated carbocycles. The number of para-hydroxylation sites is 2. The van der Waals surface area contributed by atoms with Crippen molar-refractivity contribution in [3.05, 3.63) is 42.7 Å². The molecule has 1 heterocycles. The number of anilines is 1. The summed E-state index contributed by atoms with van der Waals surface area (Å²) >= 11 is 0. The lowest BCUT2D eigenvalue weighted by Gasteiger charge is -2.11. The van der Waals surface area contributed by atoms with Crippen LogP contribution in [-0.4, -0.2) is 28.1 Å². The lowest BCUT2D eigenvalue weighted by molar-refractivity contribution is -0.119. The highest BCUT2D eigenvalue weighted by molar-refractivity contribution is 5.92. The van der Waals surface area contributed by atoms with Crippen molar-refractivity contribution >= 4 is 17.5 Å². The number of carbonyl (C=O) groups excluding carboxylic acids is 2. The van der Waals surface area contributed by atoms with Crippen molar-refractivity contribution in [1.29, 1.82) is 0 Å². The Morgan fingerprint density at radius 1 is 1.13 bits per heavy atom. The molecule has 0 saturated heterocycles. The van der Waals surface area contributed by atoms with Gasteiger partial charge >= 0.3 is 0 Å². The molecule has 2 aromatic rings. The Balaban J connectivity index is 1.79. The van der Waals surface area contributed by atoms with Crippen LogP contribution in [0.1, 0.15) is 32.6 Å². The molecule has 0 spiro atoms. The van der Waals surface area contributed by atoms with Gasteiger partial charge in [0, 0.05) is 32.3 Å².